The van der Waals surface area contributed by atoms with Crippen LogP contribution in [0.1, 0.15) is 51.8 Å². The maximum absolute atomic E-state index is 13.8. The van der Waals surface area contributed by atoms with Crippen molar-refractivity contribution in [2.75, 3.05) is 11.9 Å². The molecule has 2 amide bonds. The van der Waals surface area contributed by atoms with E-state index in [1.54, 1.807) is 47.6 Å². The lowest BCUT2D eigenvalue weighted by Crippen LogP contribution is -2.47. The summed E-state index contributed by atoms with van der Waals surface area (Å²) in [7, 11) is 0. The first-order valence-corrected chi connectivity index (χ1v) is 10.9. The zero-order valence-electron chi connectivity index (χ0n) is 17.7. The Balaban J connectivity index is 1.60. The number of carbonyl (C=O) groups excluding carboxylic acids is 2. The molecule has 7 heteroatoms. The third-order valence-corrected chi connectivity index (χ3v) is 6.25. The van der Waals surface area contributed by atoms with Crippen molar-refractivity contribution in [3.63, 3.8) is 0 Å². The van der Waals surface area contributed by atoms with Gasteiger partial charge in [0.25, 0.3) is 5.91 Å². The molecule has 2 heterocycles. The van der Waals surface area contributed by atoms with E-state index < -0.39 is 17.8 Å². The van der Waals surface area contributed by atoms with Crippen molar-refractivity contribution in [3.05, 3.63) is 95.1 Å². The van der Waals surface area contributed by atoms with Gasteiger partial charge in [-0.2, -0.15) is 5.26 Å². The van der Waals surface area contributed by atoms with Gasteiger partial charge in [-0.05, 0) is 60.2 Å². The summed E-state index contributed by atoms with van der Waals surface area (Å²) in [6.07, 6.45) is 5.48. The minimum atomic E-state index is -0.697. The van der Waals surface area contributed by atoms with E-state index in [0.717, 1.165) is 24.5 Å². The van der Waals surface area contributed by atoms with Gasteiger partial charge in [-0.15, -0.1) is 0 Å². The van der Waals surface area contributed by atoms with Crippen molar-refractivity contribution in [2.24, 2.45) is 5.92 Å². The number of benzene rings is 2. The number of fused-ring (bicyclic) bond motifs is 1. The van der Waals surface area contributed by atoms with Crippen LogP contribution in [0.2, 0.25) is 0 Å². The number of rotatable bonds is 5. The summed E-state index contributed by atoms with van der Waals surface area (Å²) in [5.41, 5.74) is 2.11. The summed E-state index contributed by atoms with van der Waals surface area (Å²) in [4.78, 5) is 33.2. The van der Waals surface area contributed by atoms with E-state index in [4.69, 9.17) is 5.26 Å². The average molecular weight is 440 g/mol. The molecule has 5 rings (SSSR count). The Morgan fingerprint density at radius 2 is 2.00 bits per heavy atom. The van der Waals surface area contributed by atoms with Crippen LogP contribution >= 0.6 is 0 Å². The molecule has 0 unspecified atom stereocenters. The molecule has 0 saturated heterocycles. The van der Waals surface area contributed by atoms with Crippen LogP contribution in [0.4, 0.5) is 10.1 Å². The second kappa shape index (κ2) is 8.47. The minimum Gasteiger partial charge on any atom is -0.330 e. The maximum Gasteiger partial charge on any atom is 0.254 e. The number of amides is 2. The van der Waals surface area contributed by atoms with Gasteiger partial charge < -0.3 is 10.2 Å². The van der Waals surface area contributed by atoms with E-state index in [1.165, 1.54) is 12.1 Å². The number of nitriles is 1. The monoisotopic (exact) mass is 440 g/mol. The highest BCUT2D eigenvalue weighted by atomic mass is 19.1. The first-order valence-electron chi connectivity index (χ1n) is 10.9. The van der Waals surface area contributed by atoms with Crippen molar-refractivity contribution in [1.82, 2.24) is 9.88 Å². The van der Waals surface area contributed by atoms with E-state index >= 15 is 0 Å². The number of hydrogen-bond acceptors (Lipinski definition) is 4. The molecule has 2 atom stereocenters. The molecule has 164 valence electrons. The van der Waals surface area contributed by atoms with Gasteiger partial charge in [0.2, 0.25) is 5.91 Å². The van der Waals surface area contributed by atoms with E-state index in [0.29, 0.717) is 29.3 Å². The second-order valence-electron chi connectivity index (χ2n) is 8.49. The van der Waals surface area contributed by atoms with Gasteiger partial charge in [0, 0.05) is 30.2 Å². The number of nitrogens with one attached hydrogen (secondary N) is 1. The number of aromatic nitrogens is 1. The summed E-state index contributed by atoms with van der Waals surface area (Å²) in [6.45, 7) is 0.575. The van der Waals surface area contributed by atoms with Crippen LogP contribution < -0.4 is 5.32 Å². The quantitative estimate of drug-likeness (QED) is 0.636. The zero-order valence-corrected chi connectivity index (χ0v) is 17.7. The Bertz CT molecular complexity index is 1270. The summed E-state index contributed by atoms with van der Waals surface area (Å²) in [5, 5.41) is 12.0. The van der Waals surface area contributed by atoms with E-state index in [2.05, 4.69) is 10.3 Å². The Morgan fingerprint density at radius 1 is 1.18 bits per heavy atom. The van der Waals surface area contributed by atoms with E-state index in [9.17, 15) is 14.0 Å². The molecule has 6 nitrogen and oxygen atoms in total. The highest BCUT2D eigenvalue weighted by Crippen LogP contribution is 2.45. The summed E-state index contributed by atoms with van der Waals surface area (Å²) >= 11 is 0. The number of carbonyl (C=O) groups is 2. The lowest BCUT2D eigenvalue weighted by atomic mass is 9.79. The van der Waals surface area contributed by atoms with E-state index in [-0.39, 0.29) is 17.4 Å². The molecule has 1 aromatic heterocycles. The largest absolute Gasteiger partial charge is 0.330 e. The van der Waals surface area contributed by atoms with Gasteiger partial charge in [-0.3, -0.25) is 14.6 Å². The third kappa shape index (κ3) is 3.96. The van der Waals surface area contributed by atoms with Crippen LogP contribution in [0, 0.1) is 23.1 Å². The molecule has 0 radical (unpaired) electrons. The molecule has 1 saturated carbocycles. The van der Waals surface area contributed by atoms with Crippen LogP contribution in [-0.4, -0.2) is 28.2 Å². The van der Waals surface area contributed by atoms with Crippen molar-refractivity contribution in [2.45, 2.75) is 24.8 Å². The number of anilines is 1. The topological polar surface area (TPSA) is 86.1 Å². The van der Waals surface area contributed by atoms with Gasteiger partial charge in [0.1, 0.15) is 11.9 Å². The molecule has 0 bridgehead atoms. The summed E-state index contributed by atoms with van der Waals surface area (Å²) < 4.78 is 13.8. The molecule has 33 heavy (non-hydrogen) atoms. The first-order chi connectivity index (χ1) is 16.1. The van der Waals surface area contributed by atoms with Crippen LogP contribution in [0.5, 0.6) is 0 Å². The molecule has 3 aromatic rings. The molecule has 1 N–H and O–H groups in total. The molecule has 2 aliphatic rings. The maximum atomic E-state index is 13.8. The third-order valence-electron chi connectivity index (χ3n) is 6.25. The molecule has 1 aliphatic heterocycles. The van der Waals surface area contributed by atoms with Crippen molar-refractivity contribution in [3.8, 4) is 6.07 Å². The van der Waals surface area contributed by atoms with Crippen molar-refractivity contribution in [1.29, 1.82) is 5.26 Å². The van der Waals surface area contributed by atoms with Crippen LogP contribution in [-0.2, 0) is 4.79 Å². The summed E-state index contributed by atoms with van der Waals surface area (Å²) in [6, 6.07) is 16.0. The standard InChI is InChI=1S/C26H21FN4O2/c27-22-10-9-19(12-18(22)13-28)30-25(32)23-20-5-1-2-6-21(20)26(33)31(15-16-7-8-16)24(23)17-4-3-11-29-14-17/h1-6,9-12,14,16,23-24H,7-8,15H2,(H,30,32)/t23-,24+/m1/s1. The zero-order chi connectivity index (χ0) is 22.9. The second-order valence-corrected chi connectivity index (χ2v) is 8.49. The first kappa shape index (κ1) is 20.8. The lowest BCUT2D eigenvalue weighted by molar-refractivity contribution is -0.119. The minimum absolute atomic E-state index is 0.0936. The fraction of sp³-hybridized carbons (Fsp3) is 0.231. The smallest absolute Gasteiger partial charge is 0.254 e. The van der Waals surface area contributed by atoms with Gasteiger partial charge in [-0.25, -0.2) is 4.39 Å². The predicted octanol–water partition coefficient (Wildman–Crippen LogP) is 4.42. The molecular formula is C26H21FN4O2. The summed E-state index contributed by atoms with van der Waals surface area (Å²) in [5.74, 6) is -1.34. The molecule has 1 aliphatic carbocycles. The van der Waals surface area contributed by atoms with Gasteiger partial charge in [0.05, 0.1) is 17.5 Å². The molecular weight excluding hydrogens is 419 g/mol. The fourth-order valence-corrected chi connectivity index (χ4v) is 4.49. The highest BCUT2D eigenvalue weighted by molar-refractivity contribution is 6.04. The van der Waals surface area contributed by atoms with E-state index in [1.807, 2.05) is 12.1 Å². The van der Waals surface area contributed by atoms with Crippen molar-refractivity contribution >= 4 is 17.5 Å². The number of pyridine rings is 1. The Morgan fingerprint density at radius 3 is 2.73 bits per heavy atom. The molecule has 2 aromatic carbocycles. The number of hydrogen-bond donors (Lipinski definition) is 1. The number of nitrogens with zero attached hydrogens (tertiary/aromatic N) is 3. The molecule has 0 spiro atoms. The lowest BCUT2D eigenvalue weighted by Gasteiger charge is -2.41. The Kier molecular flexibility index (Phi) is 5.35. The highest BCUT2D eigenvalue weighted by Gasteiger charge is 2.45. The van der Waals surface area contributed by atoms with Crippen molar-refractivity contribution < 1.29 is 14.0 Å². The predicted molar refractivity (Wildman–Crippen MR) is 120 cm³/mol. The van der Waals surface area contributed by atoms with Crippen LogP contribution in [0.15, 0.2) is 67.0 Å². The fourth-order valence-electron chi connectivity index (χ4n) is 4.49. The average Bonchev–Trinajstić information content (AvgIpc) is 3.66. The van der Waals surface area contributed by atoms with Crippen LogP contribution in [0.25, 0.3) is 0 Å². The van der Waals surface area contributed by atoms with Gasteiger partial charge >= 0.3 is 0 Å². The van der Waals surface area contributed by atoms with Gasteiger partial charge in [-0.1, -0.05) is 24.3 Å². The molecule has 1 fully saturated rings. The van der Waals surface area contributed by atoms with Gasteiger partial charge in [0.15, 0.2) is 0 Å². The van der Waals surface area contributed by atoms with Crippen LogP contribution in [0.3, 0.4) is 0 Å². The SMILES string of the molecule is N#Cc1cc(NC(=O)[C@@H]2c3ccccc3C(=O)N(CC3CC3)[C@H]2c2cccnc2)ccc1F. The number of halogens is 1. The normalized spacial score (nSPS) is 19.5. The Hall–Kier alpha value is -4.05. The Labute approximate surface area is 190 Å².